The van der Waals surface area contributed by atoms with E-state index in [1.54, 1.807) is 13.1 Å². The van der Waals surface area contributed by atoms with Crippen molar-refractivity contribution in [3.8, 4) is 11.8 Å². The number of nitrogens with zero attached hydrogens (tertiary/aromatic N) is 3. The average molecular weight is 599 g/mol. The average Bonchev–Trinajstić information content (AvgIpc) is 3.83. The molecule has 1 aliphatic carbocycles. The largest absolute Gasteiger partial charge is 0.463 e. The summed E-state index contributed by atoms with van der Waals surface area (Å²) in [7, 11) is 2.90. The summed E-state index contributed by atoms with van der Waals surface area (Å²) in [6.45, 7) is 5.13. The van der Waals surface area contributed by atoms with E-state index in [0.717, 1.165) is 36.1 Å². The minimum Gasteiger partial charge on any atom is -0.463 e. The molecular formula is C34H40N5O5+. The molecule has 3 unspecified atom stereocenters. The Bertz CT molecular complexity index is 1610. The first-order chi connectivity index (χ1) is 21.2. The fraction of sp³-hybridized carbons (Fsp3) is 0.412. The highest BCUT2D eigenvalue weighted by molar-refractivity contribution is 6.20. The first-order valence-electron chi connectivity index (χ1n) is 15.0. The van der Waals surface area contributed by atoms with Gasteiger partial charge in [-0.1, -0.05) is 37.0 Å². The van der Waals surface area contributed by atoms with Crippen LogP contribution in [-0.2, 0) is 25.4 Å². The molecular weight excluding hydrogens is 558 g/mol. The van der Waals surface area contributed by atoms with E-state index in [-0.39, 0.29) is 29.3 Å². The van der Waals surface area contributed by atoms with Crippen LogP contribution in [-0.4, -0.2) is 67.5 Å². The second-order valence-corrected chi connectivity index (χ2v) is 11.4. The molecule has 3 atom stereocenters. The highest BCUT2D eigenvalue weighted by atomic mass is 16.6. The van der Waals surface area contributed by atoms with Crippen LogP contribution < -0.4 is 16.0 Å². The number of benzene rings is 2. The van der Waals surface area contributed by atoms with Crippen molar-refractivity contribution in [1.82, 2.24) is 14.5 Å². The molecule has 2 heterocycles. The first kappa shape index (κ1) is 31.1. The number of hydrogen-bond donors (Lipinski definition) is 2. The molecule has 3 aromatic rings. The Morgan fingerprint density at radius 1 is 1.07 bits per heavy atom. The number of fused-ring (bicyclic) bond motifs is 1. The molecule has 1 aromatic heterocycles. The van der Waals surface area contributed by atoms with Gasteiger partial charge in [0.15, 0.2) is 0 Å². The number of methoxy groups -OCH3 is 2. The van der Waals surface area contributed by atoms with Crippen molar-refractivity contribution in [3.63, 3.8) is 0 Å². The lowest BCUT2D eigenvalue weighted by Gasteiger charge is -2.52. The zero-order valence-electron chi connectivity index (χ0n) is 25.8. The summed E-state index contributed by atoms with van der Waals surface area (Å²) < 4.78 is 17.9. The summed E-state index contributed by atoms with van der Waals surface area (Å²) in [4.78, 5) is 37.0. The molecule has 1 aliphatic heterocycles. The molecule has 10 nitrogen and oxygen atoms in total. The Kier molecular flexibility index (Phi) is 9.02. The predicted octanol–water partition coefficient (Wildman–Crippen LogP) is 3.88. The minimum absolute atomic E-state index is 0.0542. The third-order valence-electron chi connectivity index (χ3n) is 8.49. The highest BCUT2D eigenvalue weighted by Crippen LogP contribution is 2.49. The van der Waals surface area contributed by atoms with E-state index in [4.69, 9.17) is 25.7 Å². The predicted molar refractivity (Wildman–Crippen MR) is 169 cm³/mol. The molecule has 1 saturated carbocycles. The Morgan fingerprint density at radius 3 is 2.41 bits per heavy atom. The van der Waals surface area contributed by atoms with Crippen molar-refractivity contribution in [2.75, 3.05) is 45.4 Å². The van der Waals surface area contributed by atoms with E-state index in [1.165, 1.54) is 14.2 Å². The van der Waals surface area contributed by atoms with Crippen LogP contribution in [0.2, 0.25) is 0 Å². The van der Waals surface area contributed by atoms with Gasteiger partial charge in [-0.05, 0) is 49.9 Å². The summed E-state index contributed by atoms with van der Waals surface area (Å²) in [6.07, 6.45) is 3.66. The number of rotatable bonds is 10. The molecule has 2 aromatic carbocycles. The van der Waals surface area contributed by atoms with E-state index in [9.17, 15) is 9.59 Å². The number of esters is 1. The lowest BCUT2D eigenvalue weighted by atomic mass is 9.78. The molecule has 10 heteroatoms. The number of carbonyl (C=O) groups excluding carboxylic acids is 2. The van der Waals surface area contributed by atoms with Crippen LogP contribution in [0, 0.1) is 17.8 Å². The van der Waals surface area contributed by atoms with Gasteiger partial charge in [-0.15, -0.1) is 0 Å². The second kappa shape index (κ2) is 12.7. The van der Waals surface area contributed by atoms with E-state index in [2.05, 4.69) is 28.7 Å². The van der Waals surface area contributed by atoms with Crippen LogP contribution >= 0.6 is 0 Å². The maximum absolute atomic E-state index is 14.9. The van der Waals surface area contributed by atoms with Crippen molar-refractivity contribution >= 4 is 29.2 Å². The van der Waals surface area contributed by atoms with Crippen LogP contribution in [0.1, 0.15) is 65.7 Å². The van der Waals surface area contributed by atoms with Gasteiger partial charge in [-0.2, -0.15) is 4.98 Å². The minimum atomic E-state index is -2.03. The second-order valence-electron chi connectivity index (χ2n) is 11.4. The number of ether oxygens (including phenoxy) is 3. The van der Waals surface area contributed by atoms with Crippen molar-refractivity contribution in [3.05, 3.63) is 76.5 Å². The SMILES string of the molecule is CCC[N+]1(CC2CC2)c2cc(C#Cc3ccccc3)cc(Cc3cnc(N)nc3N)c2C(=O)C(OC)(C(=O)OCC)C1OC. The van der Waals surface area contributed by atoms with Gasteiger partial charge in [0.25, 0.3) is 0 Å². The van der Waals surface area contributed by atoms with Gasteiger partial charge < -0.3 is 25.7 Å². The molecule has 0 amide bonds. The molecule has 5 rings (SSSR count). The topological polar surface area (TPSA) is 140 Å². The van der Waals surface area contributed by atoms with Gasteiger partial charge >= 0.3 is 11.6 Å². The first-order valence-corrected chi connectivity index (χ1v) is 15.0. The molecule has 2 aliphatic rings. The lowest BCUT2D eigenvalue weighted by Crippen LogP contribution is -2.76. The molecule has 230 valence electrons. The maximum Gasteiger partial charge on any atom is 0.356 e. The maximum atomic E-state index is 14.9. The van der Waals surface area contributed by atoms with Crippen LogP contribution in [0.4, 0.5) is 17.5 Å². The number of Topliss-reactive ketones (excluding diaryl/α,β-unsaturated/α-hetero) is 1. The fourth-order valence-electron chi connectivity index (χ4n) is 6.48. The molecule has 44 heavy (non-hydrogen) atoms. The molecule has 0 radical (unpaired) electrons. The Balaban J connectivity index is 1.84. The number of nitrogens with two attached hydrogens (primary N) is 2. The van der Waals surface area contributed by atoms with Crippen molar-refractivity contribution in [2.45, 2.75) is 51.4 Å². The third-order valence-corrected chi connectivity index (χ3v) is 8.49. The van der Waals surface area contributed by atoms with Gasteiger partial charge in [0.05, 0.1) is 25.3 Å². The smallest absolute Gasteiger partial charge is 0.356 e. The lowest BCUT2D eigenvalue weighted by molar-refractivity contribution is -0.196. The summed E-state index contributed by atoms with van der Waals surface area (Å²) >= 11 is 0. The molecule has 0 spiro atoms. The summed E-state index contributed by atoms with van der Waals surface area (Å²) in [5.41, 5.74) is 13.9. The number of aromatic nitrogens is 2. The van der Waals surface area contributed by atoms with Crippen LogP contribution in [0.25, 0.3) is 0 Å². The standard InChI is InChI=1S/C34H40N5O5/c1-5-16-39(21-23-13-14-23)27-18-24(15-12-22-10-8-7-9-11-22)17-25(19-26-20-37-33(36)38-30(26)35)28(27)29(40)34(43-4,31(39)42-3)32(41)44-6-2/h7-11,17-18,20,23,31H,5-6,13-14,16,19,21H2,1-4H3,(H4,35,36,37,38)/q+1. The summed E-state index contributed by atoms with van der Waals surface area (Å²) in [5.74, 6) is 5.95. The Labute approximate surface area is 258 Å². The van der Waals surface area contributed by atoms with E-state index < -0.39 is 23.6 Å². The number of nitrogen functional groups attached to an aromatic ring is 2. The van der Waals surface area contributed by atoms with E-state index in [0.29, 0.717) is 35.7 Å². The number of ketones is 1. The fourth-order valence-corrected chi connectivity index (χ4v) is 6.48. The molecule has 0 saturated heterocycles. The third kappa shape index (κ3) is 5.54. The zero-order valence-corrected chi connectivity index (χ0v) is 25.8. The zero-order chi connectivity index (χ0) is 31.5. The van der Waals surface area contributed by atoms with E-state index >= 15 is 0 Å². The number of anilines is 2. The van der Waals surface area contributed by atoms with Crippen LogP contribution in [0.15, 0.2) is 48.7 Å². The van der Waals surface area contributed by atoms with Gasteiger partial charge in [0.2, 0.25) is 18.0 Å². The summed E-state index contributed by atoms with van der Waals surface area (Å²) in [6, 6.07) is 13.6. The number of hydrogen-bond acceptors (Lipinski definition) is 9. The van der Waals surface area contributed by atoms with E-state index in [1.807, 2.05) is 42.5 Å². The summed E-state index contributed by atoms with van der Waals surface area (Å²) in [5, 5.41) is 0. The molecule has 1 fully saturated rings. The van der Waals surface area contributed by atoms with Gasteiger partial charge in [0.1, 0.15) is 11.5 Å². The number of carbonyl (C=O) groups is 2. The molecule has 0 bridgehead atoms. The van der Waals surface area contributed by atoms with Crippen molar-refractivity contribution in [1.29, 1.82) is 0 Å². The monoisotopic (exact) mass is 598 g/mol. The van der Waals surface area contributed by atoms with Crippen LogP contribution in [0.3, 0.4) is 0 Å². The van der Waals surface area contributed by atoms with Gasteiger partial charge in [-0.3, -0.25) is 9.28 Å². The van der Waals surface area contributed by atoms with Crippen molar-refractivity contribution < 1.29 is 23.8 Å². The molecule has 4 N–H and O–H groups in total. The Hall–Kier alpha value is -4.30. The highest BCUT2D eigenvalue weighted by Gasteiger charge is 2.69. The van der Waals surface area contributed by atoms with Gasteiger partial charge in [0, 0.05) is 55.5 Å². The van der Waals surface area contributed by atoms with Gasteiger partial charge in [-0.25, -0.2) is 9.78 Å². The normalized spacial score (nSPS) is 22.5. The van der Waals surface area contributed by atoms with Crippen molar-refractivity contribution in [2.24, 2.45) is 5.92 Å². The quantitative estimate of drug-likeness (QED) is 0.154. The van der Waals surface area contributed by atoms with Crippen LogP contribution in [0.5, 0.6) is 0 Å². The number of quaternary nitrogens is 1. The Morgan fingerprint density at radius 2 is 1.80 bits per heavy atom.